The third-order valence-electron chi connectivity index (χ3n) is 3.56. The zero-order valence-corrected chi connectivity index (χ0v) is 9.61. The minimum atomic E-state index is 0.728. The molecule has 1 atom stereocenters. The number of hydrogen-bond donors (Lipinski definition) is 0. The first kappa shape index (κ1) is 10.4. The molecule has 2 rings (SSSR count). The van der Waals surface area contributed by atoms with E-state index in [1.54, 1.807) is 0 Å². The Morgan fingerprint density at radius 3 is 2.36 bits per heavy atom. The lowest BCUT2D eigenvalue weighted by Crippen LogP contribution is -2.42. The third kappa shape index (κ3) is 2.08. The van der Waals surface area contributed by atoms with E-state index in [9.17, 15) is 0 Å². The van der Waals surface area contributed by atoms with Gasteiger partial charge in [-0.2, -0.15) is 0 Å². The van der Waals surface area contributed by atoms with E-state index in [4.69, 9.17) is 0 Å². The number of hydrazine groups is 1. The van der Waals surface area contributed by atoms with Gasteiger partial charge >= 0.3 is 0 Å². The van der Waals surface area contributed by atoms with Crippen LogP contribution >= 0.6 is 0 Å². The topological polar surface area (TPSA) is 13.0 Å². The Morgan fingerprint density at radius 2 is 1.86 bits per heavy atom. The molecule has 2 aliphatic heterocycles. The van der Waals surface area contributed by atoms with Crippen molar-refractivity contribution in [1.29, 1.82) is 0 Å². The van der Waals surface area contributed by atoms with Gasteiger partial charge in [0, 0.05) is 46.3 Å². The minimum Gasteiger partial charge on any atom is -0.292 e. The fourth-order valence-electron chi connectivity index (χ4n) is 2.41. The predicted molar refractivity (Wildman–Crippen MR) is 57.9 cm³/mol. The normalized spacial score (nSPS) is 33.2. The molecular formula is C10H22N4. The average molecular weight is 198 g/mol. The van der Waals surface area contributed by atoms with Crippen molar-refractivity contribution in [1.82, 2.24) is 19.8 Å². The first-order valence-corrected chi connectivity index (χ1v) is 5.51. The van der Waals surface area contributed by atoms with Crippen LogP contribution in [0.1, 0.15) is 6.42 Å². The van der Waals surface area contributed by atoms with Crippen LogP contribution in [0.3, 0.4) is 0 Å². The van der Waals surface area contributed by atoms with Crippen LogP contribution in [-0.2, 0) is 0 Å². The SMILES string of the molecule is CN1CCN(CC2CCN(C)N2C)C1. The average Bonchev–Trinajstić information content (AvgIpc) is 2.67. The van der Waals surface area contributed by atoms with Crippen LogP contribution in [0.2, 0.25) is 0 Å². The quantitative estimate of drug-likeness (QED) is 0.606. The summed E-state index contributed by atoms with van der Waals surface area (Å²) >= 11 is 0. The van der Waals surface area contributed by atoms with Crippen molar-refractivity contribution in [2.45, 2.75) is 12.5 Å². The molecule has 2 saturated heterocycles. The maximum absolute atomic E-state index is 2.56. The van der Waals surface area contributed by atoms with Crippen LogP contribution in [0.15, 0.2) is 0 Å². The summed E-state index contributed by atoms with van der Waals surface area (Å²) in [5.41, 5.74) is 0. The summed E-state index contributed by atoms with van der Waals surface area (Å²) < 4.78 is 0. The first-order chi connectivity index (χ1) is 6.66. The van der Waals surface area contributed by atoms with Crippen molar-refractivity contribution >= 4 is 0 Å². The predicted octanol–water partition coefficient (Wildman–Crippen LogP) is -0.258. The first-order valence-electron chi connectivity index (χ1n) is 5.51. The Morgan fingerprint density at radius 1 is 1.07 bits per heavy atom. The molecule has 0 aliphatic carbocycles. The fourth-order valence-corrected chi connectivity index (χ4v) is 2.41. The van der Waals surface area contributed by atoms with Crippen LogP contribution in [0.4, 0.5) is 0 Å². The molecular weight excluding hydrogens is 176 g/mol. The van der Waals surface area contributed by atoms with Crippen molar-refractivity contribution in [3.05, 3.63) is 0 Å². The highest BCUT2D eigenvalue weighted by Gasteiger charge is 2.28. The highest BCUT2D eigenvalue weighted by Crippen LogP contribution is 2.16. The molecule has 0 bridgehead atoms. The van der Waals surface area contributed by atoms with Crippen LogP contribution in [0.5, 0.6) is 0 Å². The van der Waals surface area contributed by atoms with Crippen LogP contribution in [0.25, 0.3) is 0 Å². The van der Waals surface area contributed by atoms with Crippen molar-refractivity contribution in [2.24, 2.45) is 0 Å². The van der Waals surface area contributed by atoms with E-state index in [1.807, 2.05) is 0 Å². The van der Waals surface area contributed by atoms with Crippen molar-refractivity contribution in [3.63, 3.8) is 0 Å². The Balaban J connectivity index is 1.80. The smallest absolute Gasteiger partial charge is 0.0505 e. The van der Waals surface area contributed by atoms with E-state index in [1.165, 1.54) is 32.6 Å². The van der Waals surface area contributed by atoms with Gasteiger partial charge in [-0.3, -0.25) is 9.80 Å². The van der Waals surface area contributed by atoms with Gasteiger partial charge in [-0.05, 0) is 13.5 Å². The zero-order chi connectivity index (χ0) is 10.1. The summed E-state index contributed by atoms with van der Waals surface area (Å²) in [5.74, 6) is 0. The van der Waals surface area contributed by atoms with Crippen molar-refractivity contribution in [3.8, 4) is 0 Å². The Bertz CT molecular complexity index is 197. The van der Waals surface area contributed by atoms with E-state index in [2.05, 4.69) is 41.0 Å². The number of likely N-dealkylation sites (N-methyl/N-ethyl adjacent to an activating group) is 2. The van der Waals surface area contributed by atoms with Crippen LogP contribution in [-0.4, -0.2) is 79.9 Å². The number of nitrogens with zero attached hydrogens (tertiary/aromatic N) is 4. The van der Waals surface area contributed by atoms with Gasteiger partial charge in [0.1, 0.15) is 0 Å². The summed E-state index contributed by atoms with van der Waals surface area (Å²) in [6, 6.07) is 0.728. The molecule has 0 spiro atoms. The molecule has 0 aromatic rings. The Hall–Kier alpha value is -0.160. The Labute approximate surface area is 87.0 Å². The summed E-state index contributed by atoms with van der Waals surface area (Å²) in [4.78, 5) is 4.94. The van der Waals surface area contributed by atoms with Crippen molar-refractivity contribution < 1.29 is 0 Å². The second-order valence-corrected chi connectivity index (χ2v) is 4.70. The van der Waals surface area contributed by atoms with E-state index in [0.717, 1.165) is 12.7 Å². The second kappa shape index (κ2) is 4.14. The molecule has 2 heterocycles. The van der Waals surface area contributed by atoms with E-state index in [-0.39, 0.29) is 0 Å². The molecule has 2 fully saturated rings. The van der Waals surface area contributed by atoms with Gasteiger partial charge in [-0.25, -0.2) is 10.0 Å². The molecule has 4 heteroatoms. The molecule has 0 N–H and O–H groups in total. The van der Waals surface area contributed by atoms with Gasteiger partial charge in [0.25, 0.3) is 0 Å². The molecule has 0 amide bonds. The minimum absolute atomic E-state index is 0.728. The lowest BCUT2D eigenvalue weighted by Gasteiger charge is -2.28. The highest BCUT2D eigenvalue weighted by atomic mass is 15.6. The van der Waals surface area contributed by atoms with E-state index < -0.39 is 0 Å². The summed E-state index contributed by atoms with van der Waals surface area (Å²) in [6.45, 7) is 6.06. The maximum Gasteiger partial charge on any atom is 0.0505 e. The van der Waals surface area contributed by atoms with Gasteiger partial charge in [0.15, 0.2) is 0 Å². The lowest BCUT2D eigenvalue weighted by atomic mass is 10.2. The maximum atomic E-state index is 2.56. The van der Waals surface area contributed by atoms with Gasteiger partial charge in [0.05, 0.1) is 6.67 Å². The molecule has 0 aromatic carbocycles. The summed E-state index contributed by atoms with van der Waals surface area (Å²) in [7, 11) is 6.58. The standard InChI is InChI=1S/C10H22N4/c1-11-6-7-14(9-11)8-10-4-5-12(2)13(10)3/h10H,4-9H2,1-3H3. The monoisotopic (exact) mass is 198 g/mol. The second-order valence-electron chi connectivity index (χ2n) is 4.70. The van der Waals surface area contributed by atoms with Crippen LogP contribution < -0.4 is 0 Å². The molecule has 2 aliphatic rings. The van der Waals surface area contributed by atoms with Crippen LogP contribution in [0, 0.1) is 0 Å². The van der Waals surface area contributed by atoms with E-state index in [0.29, 0.717) is 0 Å². The lowest BCUT2D eigenvalue weighted by molar-refractivity contribution is 0.0397. The molecule has 0 radical (unpaired) electrons. The van der Waals surface area contributed by atoms with Gasteiger partial charge in [-0.15, -0.1) is 0 Å². The summed E-state index contributed by atoms with van der Waals surface area (Å²) in [6.07, 6.45) is 1.31. The van der Waals surface area contributed by atoms with Gasteiger partial charge < -0.3 is 0 Å². The summed E-state index contributed by atoms with van der Waals surface area (Å²) in [5, 5.41) is 4.71. The number of hydrogen-bond acceptors (Lipinski definition) is 4. The van der Waals surface area contributed by atoms with E-state index >= 15 is 0 Å². The zero-order valence-electron chi connectivity index (χ0n) is 9.61. The fraction of sp³-hybridized carbons (Fsp3) is 1.00. The molecule has 0 saturated carbocycles. The largest absolute Gasteiger partial charge is 0.292 e. The third-order valence-corrected chi connectivity index (χ3v) is 3.56. The number of rotatable bonds is 2. The molecule has 14 heavy (non-hydrogen) atoms. The van der Waals surface area contributed by atoms with Gasteiger partial charge in [-0.1, -0.05) is 0 Å². The molecule has 0 aromatic heterocycles. The molecule has 1 unspecified atom stereocenters. The van der Waals surface area contributed by atoms with Gasteiger partial charge in [0.2, 0.25) is 0 Å². The highest BCUT2D eigenvalue weighted by molar-refractivity contribution is 4.80. The molecule has 4 nitrogen and oxygen atoms in total. The van der Waals surface area contributed by atoms with Crippen molar-refractivity contribution in [2.75, 3.05) is 54.0 Å². The Kier molecular flexibility index (Phi) is 3.07. The molecule has 82 valence electrons.